The Morgan fingerprint density at radius 2 is 1.52 bits per heavy atom. The van der Waals surface area contributed by atoms with Gasteiger partial charge in [0.05, 0.1) is 5.69 Å². The molecule has 2 aliphatic rings. The second kappa shape index (κ2) is 7.24. The van der Waals surface area contributed by atoms with Gasteiger partial charge in [0.1, 0.15) is 0 Å². The van der Waals surface area contributed by atoms with E-state index in [0.717, 1.165) is 30.4 Å². The fraction of sp³-hybridized carbons (Fsp3) is 0.409. The van der Waals surface area contributed by atoms with Gasteiger partial charge in [-0.05, 0) is 59.7 Å². The molecule has 2 aromatic carbocycles. The summed E-state index contributed by atoms with van der Waals surface area (Å²) in [4.78, 5) is 2.73. The van der Waals surface area contributed by atoms with E-state index in [9.17, 15) is 0 Å². The molecule has 27 heavy (non-hydrogen) atoms. The average molecular weight is 359 g/mol. The number of aromatic nitrogens is 4. The Hall–Kier alpha value is -2.53. The molecule has 3 heterocycles. The van der Waals surface area contributed by atoms with E-state index in [0.29, 0.717) is 12.1 Å². The van der Waals surface area contributed by atoms with Gasteiger partial charge in [-0.25, -0.2) is 0 Å². The van der Waals surface area contributed by atoms with Crippen LogP contribution in [0.4, 0.5) is 0 Å². The normalized spacial score (nSPS) is 25.0. The van der Waals surface area contributed by atoms with Crippen molar-refractivity contribution in [1.29, 1.82) is 0 Å². The highest BCUT2D eigenvalue weighted by atomic mass is 15.5. The Labute approximate surface area is 160 Å². The molecule has 2 saturated heterocycles. The van der Waals surface area contributed by atoms with Gasteiger partial charge in [0.25, 0.3) is 0 Å². The van der Waals surface area contributed by atoms with Crippen molar-refractivity contribution in [2.45, 2.75) is 50.1 Å². The van der Waals surface area contributed by atoms with Gasteiger partial charge >= 0.3 is 0 Å². The predicted octanol–water partition coefficient (Wildman–Crippen LogP) is 3.62. The zero-order valence-corrected chi connectivity index (χ0v) is 15.5. The van der Waals surface area contributed by atoms with Crippen LogP contribution in [0.15, 0.2) is 60.7 Å². The van der Waals surface area contributed by atoms with Gasteiger partial charge in [-0.15, -0.1) is 5.10 Å². The van der Waals surface area contributed by atoms with Crippen molar-refractivity contribution in [1.82, 2.24) is 25.1 Å². The molecule has 0 saturated carbocycles. The molecule has 0 aliphatic carbocycles. The molecule has 2 fully saturated rings. The van der Waals surface area contributed by atoms with E-state index in [1.54, 1.807) is 0 Å². The largest absolute Gasteiger partial charge is 0.297 e. The standard InChI is InChI=1S/C22H25N5/c1-3-7-17(8-4-1)18-15-20-11-12-21(16-18)26(20)14-13-22-23-24-25-27(22)19-9-5-2-6-10-19/h1-10,18,20-21H,11-16H2/t18?,20-,21+. The van der Waals surface area contributed by atoms with Gasteiger partial charge in [0.2, 0.25) is 0 Å². The topological polar surface area (TPSA) is 46.8 Å². The summed E-state index contributed by atoms with van der Waals surface area (Å²) < 4.78 is 1.87. The van der Waals surface area contributed by atoms with Crippen molar-refractivity contribution in [2.75, 3.05) is 6.54 Å². The lowest BCUT2D eigenvalue weighted by molar-refractivity contribution is 0.127. The molecule has 138 valence electrons. The van der Waals surface area contributed by atoms with Crippen LogP contribution in [-0.4, -0.2) is 43.7 Å². The first-order chi connectivity index (χ1) is 13.4. The van der Waals surface area contributed by atoms with E-state index in [-0.39, 0.29) is 0 Å². The number of piperidine rings is 1. The zero-order valence-electron chi connectivity index (χ0n) is 15.5. The van der Waals surface area contributed by atoms with E-state index >= 15 is 0 Å². The fourth-order valence-corrected chi connectivity index (χ4v) is 5.00. The first-order valence-corrected chi connectivity index (χ1v) is 10.0. The number of benzene rings is 2. The van der Waals surface area contributed by atoms with Gasteiger partial charge < -0.3 is 0 Å². The van der Waals surface area contributed by atoms with Crippen LogP contribution in [0.1, 0.15) is 43.0 Å². The number of nitrogens with zero attached hydrogens (tertiary/aromatic N) is 5. The molecule has 2 aliphatic heterocycles. The summed E-state index contributed by atoms with van der Waals surface area (Å²) in [7, 11) is 0. The van der Waals surface area contributed by atoms with Gasteiger partial charge in [0, 0.05) is 25.0 Å². The summed E-state index contributed by atoms with van der Waals surface area (Å²) in [6, 6.07) is 22.6. The molecule has 0 spiro atoms. The van der Waals surface area contributed by atoms with Crippen LogP contribution in [0.5, 0.6) is 0 Å². The summed E-state index contributed by atoms with van der Waals surface area (Å²) in [5, 5.41) is 12.4. The number of para-hydroxylation sites is 1. The molecule has 3 aromatic rings. The van der Waals surface area contributed by atoms with Crippen LogP contribution in [0.25, 0.3) is 5.69 Å². The molecule has 1 aromatic heterocycles. The van der Waals surface area contributed by atoms with Crippen molar-refractivity contribution in [3.8, 4) is 5.69 Å². The second-order valence-electron chi connectivity index (χ2n) is 7.79. The predicted molar refractivity (Wildman–Crippen MR) is 105 cm³/mol. The molecule has 5 rings (SSSR count). The highest BCUT2D eigenvalue weighted by Crippen LogP contribution is 2.42. The first kappa shape index (κ1) is 16.6. The number of hydrogen-bond donors (Lipinski definition) is 0. The molecular formula is C22H25N5. The molecule has 5 nitrogen and oxygen atoms in total. The van der Waals surface area contributed by atoms with Gasteiger partial charge in [-0.3, -0.25) is 4.90 Å². The van der Waals surface area contributed by atoms with Crippen LogP contribution in [0, 0.1) is 0 Å². The zero-order chi connectivity index (χ0) is 18.1. The van der Waals surface area contributed by atoms with E-state index < -0.39 is 0 Å². The Morgan fingerprint density at radius 1 is 0.852 bits per heavy atom. The minimum absolute atomic E-state index is 0.704. The molecular weight excluding hydrogens is 334 g/mol. The number of rotatable bonds is 5. The fourth-order valence-electron chi connectivity index (χ4n) is 5.00. The monoisotopic (exact) mass is 359 g/mol. The van der Waals surface area contributed by atoms with Gasteiger partial charge in [-0.1, -0.05) is 48.5 Å². The van der Waals surface area contributed by atoms with Crippen molar-refractivity contribution >= 4 is 0 Å². The minimum Gasteiger partial charge on any atom is -0.297 e. The molecule has 3 atom stereocenters. The van der Waals surface area contributed by atoms with Crippen molar-refractivity contribution < 1.29 is 0 Å². The number of hydrogen-bond acceptors (Lipinski definition) is 4. The molecule has 2 bridgehead atoms. The van der Waals surface area contributed by atoms with Crippen LogP contribution in [0.2, 0.25) is 0 Å². The summed E-state index contributed by atoms with van der Waals surface area (Å²) in [6.07, 6.45) is 6.12. The van der Waals surface area contributed by atoms with Gasteiger partial charge in [0.15, 0.2) is 5.82 Å². The third-order valence-electron chi connectivity index (χ3n) is 6.28. The van der Waals surface area contributed by atoms with Crippen molar-refractivity contribution in [2.24, 2.45) is 0 Å². The summed E-state index contributed by atoms with van der Waals surface area (Å²) in [6.45, 7) is 1.05. The summed E-state index contributed by atoms with van der Waals surface area (Å²) >= 11 is 0. The second-order valence-corrected chi connectivity index (χ2v) is 7.79. The maximum atomic E-state index is 4.29. The van der Waals surface area contributed by atoms with Crippen LogP contribution >= 0.6 is 0 Å². The Morgan fingerprint density at radius 3 is 2.22 bits per heavy atom. The average Bonchev–Trinajstić information content (AvgIpc) is 3.28. The van der Waals surface area contributed by atoms with Crippen LogP contribution in [-0.2, 0) is 6.42 Å². The number of tetrazole rings is 1. The third-order valence-corrected chi connectivity index (χ3v) is 6.28. The Balaban J connectivity index is 1.27. The van der Waals surface area contributed by atoms with E-state index in [1.165, 1.54) is 31.2 Å². The summed E-state index contributed by atoms with van der Waals surface area (Å²) in [5.41, 5.74) is 2.55. The smallest absolute Gasteiger partial charge is 0.157 e. The number of fused-ring (bicyclic) bond motifs is 2. The minimum atomic E-state index is 0.704. The Kier molecular flexibility index (Phi) is 4.46. The van der Waals surface area contributed by atoms with Crippen LogP contribution in [0.3, 0.4) is 0 Å². The Bertz CT molecular complexity index is 862. The molecule has 0 radical (unpaired) electrons. The lowest BCUT2D eigenvalue weighted by Crippen LogP contribution is -2.43. The van der Waals surface area contributed by atoms with E-state index in [1.807, 2.05) is 22.9 Å². The highest BCUT2D eigenvalue weighted by molar-refractivity contribution is 5.30. The van der Waals surface area contributed by atoms with Crippen molar-refractivity contribution in [3.63, 3.8) is 0 Å². The molecule has 0 amide bonds. The molecule has 1 unspecified atom stereocenters. The van der Waals surface area contributed by atoms with Gasteiger partial charge in [-0.2, -0.15) is 4.68 Å². The van der Waals surface area contributed by atoms with E-state index in [2.05, 4.69) is 62.9 Å². The SMILES string of the molecule is c1ccc(C2C[C@H]3CC[C@@H](C2)N3CCc2nnnn2-c2ccccc2)cc1. The van der Waals surface area contributed by atoms with Crippen LogP contribution < -0.4 is 0 Å². The maximum Gasteiger partial charge on any atom is 0.157 e. The third kappa shape index (κ3) is 3.28. The lowest BCUT2D eigenvalue weighted by Gasteiger charge is -2.39. The quantitative estimate of drug-likeness (QED) is 0.698. The summed E-state index contributed by atoms with van der Waals surface area (Å²) in [5.74, 6) is 1.67. The lowest BCUT2D eigenvalue weighted by atomic mass is 9.85. The van der Waals surface area contributed by atoms with E-state index in [4.69, 9.17) is 0 Å². The molecule has 5 heteroatoms. The first-order valence-electron chi connectivity index (χ1n) is 10.0. The van der Waals surface area contributed by atoms with Crippen molar-refractivity contribution in [3.05, 3.63) is 72.1 Å². The maximum absolute atomic E-state index is 4.29. The highest BCUT2D eigenvalue weighted by Gasteiger charge is 2.40. The molecule has 0 N–H and O–H groups in total.